The minimum Gasteiger partial charge on any atom is -0.350 e. The van der Waals surface area contributed by atoms with Crippen molar-refractivity contribution >= 4 is 15.9 Å². The number of hydrogen-bond acceptors (Lipinski definition) is 7. The maximum absolute atomic E-state index is 13.8. The Morgan fingerprint density at radius 1 is 0.974 bits per heavy atom. The fourth-order valence-corrected chi connectivity index (χ4v) is 6.76. The van der Waals surface area contributed by atoms with Gasteiger partial charge in [0.15, 0.2) is 6.29 Å². The third-order valence-electron chi connectivity index (χ3n) is 7.11. The number of ether oxygens (including phenoxy) is 2. The van der Waals surface area contributed by atoms with E-state index in [2.05, 4.69) is 10.3 Å². The highest BCUT2D eigenvalue weighted by atomic mass is 32.2. The lowest BCUT2D eigenvalue weighted by atomic mass is 10.0. The van der Waals surface area contributed by atoms with E-state index in [4.69, 9.17) is 9.47 Å². The molecule has 0 N–H and O–H groups in total. The second-order valence-electron chi connectivity index (χ2n) is 10.3. The first kappa shape index (κ1) is 27.4. The standard InChI is InChI=1S/C28H35N5O5S/c1-21(2)27-28(34)31(19-25-20-32(30-29-25)13-12-26-37-15-16-38-26)14-17-39(35,36)33(27)18-22-8-10-24(11-9-22)23-6-4-3-5-7-23/h3-11,20-21,26-27H,12-19H2,1-2H3. The minimum atomic E-state index is -3.68. The monoisotopic (exact) mass is 553 g/mol. The zero-order chi connectivity index (χ0) is 27.4. The van der Waals surface area contributed by atoms with E-state index in [0.717, 1.165) is 16.7 Å². The summed E-state index contributed by atoms with van der Waals surface area (Å²) in [4.78, 5) is 15.4. The number of hydrogen-bond donors (Lipinski definition) is 0. The third kappa shape index (κ3) is 6.55. The average Bonchev–Trinajstić information content (AvgIpc) is 3.60. The summed E-state index contributed by atoms with van der Waals surface area (Å²) in [6, 6.07) is 17.0. The molecule has 1 amide bonds. The number of carbonyl (C=O) groups is 1. The minimum absolute atomic E-state index is 0.102. The number of nitrogens with zero attached hydrogens (tertiary/aromatic N) is 5. The number of benzene rings is 2. The fraction of sp³-hybridized carbons (Fsp3) is 0.464. The molecule has 0 saturated carbocycles. The van der Waals surface area contributed by atoms with Crippen molar-refractivity contribution in [3.63, 3.8) is 0 Å². The zero-order valence-electron chi connectivity index (χ0n) is 22.3. The van der Waals surface area contributed by atoms with Crippen molar-refractivity contribution in [3.05, 3.63) is 72.1 Å². The lowest BCUT2D eigenvalue weighted by Crippen LogP contribution is -2.49. The molecule has 1 unspecified atom stereocenters. The second-order valence-corrected chi connectivity index (χ2v) is 12.3. The van der Waals surface area contributed by atoms with Gasteiger partial charge in [-0.1, -0.05) is 73.7 Å². The van der Waals surface area contributed by atoms with Crippen LogP contribution in [0, 0.1) is 5.92 Å². The molecule has 0 spiro atoms. The summed E-state index contributed by atoms with van der Waals surface area (Å²) in [5, 5.41) is 8.38. The van der Waals surface area contributed by atoms with E-state index < -0.39 is 16.1 Å². The molecule has 2 fully saturated rings. The van der Waals surface area contributed by atoms with E-state index >= 15 is 0 Å². The predicted octanol–water partition coefficient (Wildman–Crippen LogP) is 2.91. The van der Waals surface area contributed by atoms with E-state index in [0.29, 0.717) is 31.9 Å². The van der Waals surface area contributed by atoms with Gasteiger partial charge in [-0.05, 0) is 22.6 Å². The van der Waals surface area contributed by atoms with Gasteiger partial charge in [0.2, 0.25) is 15.9 Å². The second kappa shape index (κ2) is 12.0. The lowest BCUT2D eigenvalue weighted by molar-refractivity contribution is -0.136. The van der Waals surface area contributed by atoms with Crippen LogP contribution in [-0.2, 0) is 43.9 Å². The van der Waals surface area contributed by atoms with Crippen molar-refractivity contribution < 1.29 is 22.7 Å². The van der Waals surface area contributed by atoms with Crippen molar-refractivity contribution in [2.24, 2.45) is 5.92 Å². The third-order valence-corrected chi connectivity index (χ3v) is 8.88. The van der Waals surface area contributed by atoms with Gasteiger partial charge in [-0.2, -0.15) is 4.31 Å². The molecule has 39 heavy (non-hydrogen) atoms. The first-order chi connectivity index (χ1) is 18.8. The van der Waals surface area contributed by atoms with Gasteiger partial charge >= 0.3 is 0 Å². The molecular weight excluding hydrogens is 518 g/mol. The Labute approximate surface area is 229 Å². The van der Waals surface area contributed by atoms with Crippen LogP contribution in [0.3, 0.4) is 0 Å². The molecule has 11 heteroatoms. The molecule has 2 saturated heterocycles. The Hall–Kier alpha value is -3.12. The molecule has 208 valence electrons. The number of rotatable bonds is 9. The van der Waals surface area contributed by atoms with Crippen LogP contribution < -0.4 is 0 Å². The first-order valence-corrected chi connectivity index (χ1v) is 15.0. The maximum Gasteiger partial charge on any atom is 0.241 e. The van der Waals surface area contributed by atoms with Crippen LogP contribution in [0.1, 0.15) is 31.5 Å². The number of carbonyl (C=O) groups excluding carboxylic acids is 1. The van der Waals surface area contributed by atoms with Gasteiger partial charge in [0.05, 0.1) is 31.7 Å². The molecule has 2 aliphatic rings. The summed E-state index contributed by atoms with van der Waals surface area (Å²) in [6.45, 7) is 5.98. The van der Waals surface area contributed by atoms with Crippen LogP contribution in [0.25, 0.3) is 11.1 Å². The molecule has 10 nitrogen and oxygen atoms in total. The largest absolute Gasteiger partial charge is 0.350 e. The van der Waals surface area contributed by atoms with Crippen LogP contribution in [-0.4, -0.2) is 76.4 Å². The van der Waals surface area contributed by atoms with Gasteiger partial charge < -0.3 is 14.4 Å². The highest BCUT2D eigenvalue weighted by Crippen LogP contribution is 2.26. The molecule has 1 atom stereocenters. The van der Waals surface area contributed by atoms with Gasteiger partial charge in [-0.15, -0.1) is 5.10 Å². The van der Waals surface area contributed by atoms with Crippen LogP contribution >= 0.6 is 0 Å². The summed E-state index contributed by atoms with van der Waals surface area (Å²) in [7, 11) is -3.68. The number of aryl methyl sites for hydroxylation is 1. The molecule has 1 aromatic heterocycles. The molecule has 5 rings (SSSR count). The Morgan fingerprint density at radius 2 is 1.67 bits per heavy atom. The summed E-state index contributed by atoms with van der Waals surface area (Å²) < 4.78 is 40.9. The van der Waals surface area contributed by atoms with Gasteiger partial charge in [0, 0.05) is 26.1 Å². The molecule has 0 radical (unpaired) electrons. The Morgan fingerprint density at radius 3 is 2.36 bits per heavy atom. The summed E-state index contributed by atoms with van der Waals surface area (Å²) in [5.74, 6) is -0.568. The Kier molecular flexibility index (Phi) is 8.41. The molecule has 0 bridgehead atoms. The Bertz CT molecular complexity index is 1350. The quantitative estimate of drug-likeness (QED) is 0.401. The van der Waals surface area contributed by atoms with Crippen LogP contribution in [0.5, 0.6) is 0 Å². The van der Waals surface area contributed by atoms with E-state index in [1.165, 1.54) is 4.31 Å². The molecule has 2 aromatic carbocycles. The number of sulfonamides is 1. The average molecular weight is 554 g/mol. The summed E-state index contributed by atoms with van der Waals surface area (Å²) >= 11 is 0. The highest BCUT2D eigenvalue weighted by molar-refractivity contribution is 7.89. The molecule has 0 aliphatic carbocycles. The summed E-state index contributed by atoms with van der Waals surface area (Å²) in [6.07, 6.45) is 2.21. The SMILES string of the molecule is CC(C)C1C(=O)N(Cc2cn(CCC3OCCO3)nn2)CCS(=O)(=O)N1Cc1ccc(-c2ccccc2)cc1. The van der Waals surface area contributed by atoms with Crippen LogP contribution in [0.15, 0.2) is 60.8 Å². The van der Waals surface area contributed by atoms with Crippen molar-refractivity contribution in [1.29, 1.82) is 0 Å². The van der Waals surface area contributed by atoms with Gasteiger partial charge in [-0.25, -0.2) is 8.42 Å². The zero-order valence-corrected chi connectivity index (χ0v) is 23.2. The lowest BCUT2D eigenvalue weighted by Gasteiger charge is -2.32. The van der Waals surface area contributed by atoms with Crippen LogP contribution in [0.4, 0.5) is 0 Å². The molecule has 2 aliphatic heterocycles. The van der Waals surface area contributed by atoms with Gasteiger partial charge in [-0.3, -0.25) is 9.48 Å². The molecular formula is C28H35N5O5S. The Balaban J connectivity index is 1.30. The van der Waals surface area contributed by atoms with Crippen molar-refractivity contribution in [2.45, 2.75) is 52.2 Å². The smallest absolute Gasteiger partial charge is 0.241 e. The van der Waals surface area contributed by atoms with Crippen LogP contribution in [0.2, 0.25) is 0 Å². The van der Waals surface area contributed by atoms with Crippen molar-refractivity contribution in [3.8, 4) is 11.1 Å². The van der Waals surface area contributed by atoms with E-state index in [9.17, 15) is 13.2 Å². The normalized spacial score (nSPS) is 20.5. The van der Waals surface area contributed by atoms with E-state index in [1.807, 2.05) is 68.4 Å². The summed E-state index contributed by atoms with van der Waals surface area (Å²) in [5.41, 5.74) is 3.59. The van der Waals surface area contributed by atoms with Gasteiger partial charge in [0.25, 0.3) is 0 Å². The van der Waals surface area contributed by atoms with Crippen molar-refractivity contribution in [1.82, 2.24) is 24.2 Å². The molecule has 3 aromatic rings. The van der Waals surface area contributed by atoms with E-state index in [1.54, 1.807) is 15.8 Å². The topological polar surface area (TPSA) is 107 Å². The first-order valence-electron chi connectivity index (χ1n) is 13.3. The predicted molar refractivity (Wildman–Crippen MR) is 146 cm³/mol. The van der Waals surface area contributed by atoms with E-state index in [-0.39, 0.29) is 43.5 Å². The number of amides is 1. The fourth-order valence-electron chi connectivity index (χ4n) is 5.05. The maximum atomic E-state index is 13.8. The van der Waals surface area contributed by atoms with Gasteiger partial charge in [0.1, 0.15) is 11.7 Å². The van der Waals surface area contributed by atoms with Crippen molar-refractivity contribution in [2.75, 3.05) is 25.5 Å². The molecule has 3 heterocycles. The number of aromatic nitrogens is 3. The highest BCUT2D eigenvalue weighted by Gasteiger charge is 2.42.